The molecule has 182 valence electrons. The first-order valence-corrected chi connectivity index (χ1v) is 13.5. The van der Waals surface area contributed by atoms with Gasteiger partial charge in [-0.05, 0) is 41.1 Å². The van der Waals surface area contributed by atoms with Crippen molar-refractivity contribution in [1.82, 2.24) is 9.71 Å². The van der Waals surface area contributed by atoms with Crippen LogP contribution in [0.25, 0.3) is 22.0 Å². The van der Waals surface area contributed by atoms with Crippen molar-refractivity contribution in [2.45, 2.75) is 24.0 Å². The lowest BCUT2D eigenvalue weighted by Crippen LogP contribution is -2.38. The van der Waals surface area contributed by atoms with Gasteiger partial charge < -0.3 is 4.98 Å². The molecule has 1 atom stereocenters. The van der Waals surface area contributed by atoms with Gasteiger partial charge in [0.05, 0.1) is 10.9 Å². The van der Waals surface area contributed by atoms with Crippen LogP contribution in [0.15, 0.2) is 63.6 Å². The van der Waals surface area contributed by atoms with Gasteiger partial charge in [-0.25, -0.2) is 17.5 Å². The second kappa shape index (κ2) is 9.73. The highest BCUT2D eigenvalue weighted by molar-refractivity contribution is 7.92. The highest BCUT2D eigenvalue weighted by Gasteiger charge is 2.31. The SMILES string of the molecule is CC(C)C(C(=O)NS(=O)(=O)c1cc(Cl)c(Cl)s1)c1ccc(-c2ccc3cccc(F)c3c2)[nH]c1=O. The molecule has 2 N–H and O–H groups in total. The maximum atomic E-state index is 14.2. The topological polar surface area (TPSA) is 96.1 Å². The van der Waals surface area contributed by atoms with Gasteiger partial charge in [0.1, 0.15) is 14.4 Å². The summed E-state index contributed by atoms with van der Waals surface area (Å²) < 4.78 is 41.4. The van der Waals surface area contributed by atoms with Gasteiger partial charge in [-0.3, -0.25) is 9.59 Å². The number of aromatic amines is 1. The van der Waals surface area contributed by atoms with Crippen LogP contribution in [0.2, 0.25) is 9.36 Å². The largest absolute Gasteiger partial charge is 0.322 e. The van der Waals surface area contributed by atoms with E-state index in [1.54, 1.807) is 50.2 Å². The number of carbonyl (C=O) groups excluding carboxylic acids is 1. The van der Waals surface area contributed by atoms with Crippen LogP contribution in [-0.2, 0) is 14.8 Å². The predicted octanol–water partition coefficient (Wildman–Crippen LogP) is 5.95. The standard InChI is InChI=1S/C24H19Cl2FN2O4S2/c1-12(2)21(24(31)29-35(32,33)20-11-17(25)22(26)34-20)15-8-9-19(28-23(15)30)14-7-6-13-4-3-5-18(27)16(13)10-14/h3-12,21H,1-2H3,(H,28,30)(H,29,31). The van der Waals surface area contributed by atoms with E-state index in [4.69, 9.17) is 23.2 Å². The molecule has 2 aromatic heterocycles. The lowest BCUT2D eigenvalue weighted by molar-refractivity contribution is -0.121. The molecule has 0 aliphatic rings. The Hall–Kier alpha value is -2.72. The van der Waals surface area contributed by atoms with Crippen LogP contribution in [0.1, 0.15) is 25.3 Å². The van der Waals surface area contributed by atoms with Gasteiger partial charge in [0.15, 0.2) is 0 Å². The van der Waals surface area contributed by atoms with E-state index in [9.17, 15) is 22.4 Å². The molecule has 0 bridgehead atoms. The number of halogens is 3. The molecule has 1 unspecified atom stereocenters. The number of pyridine rings is 1. The molecule has 11 heteroatoms. The molecule has 4 aromatic rings. The van der Waals surface area contributed by atoms with Crippen molar-refractivity contribution < 1.29 is 17.6 Å². The zero-order valence-corrected chi connectivity index (χ0v) is 21.6. The zero-order valence-electron chi connectivity index (χ0n) is 18.4. The second-order valence-electron chi connectivity index (χ2n) is 8.21. The Balaban J connectivity index is 1.66. The molecule has 0 saturated heterocycles. The summed E-state index contributed by atoms with van der Waals surface area (Å²) >= 11 is 12.4. The smallest absolute Gasteiger partial charge is 0.273 e. The number of amides is 1. The van der Waals surface area contributed by atoms with E-state index in [-0.39, 0.29) is 24.9 Å². The lowest BCUT2D eigenvalue weighted by Gasteiger charge is -2.20. The van der Waals surface area contributed by atoms with Crippen LogP contribution in [0.5, 0.6) is 0 Å². The third kappa shape index (κ3) is 5.13. The molecule has 6 nitrogen and oxygen atoms in total. The Morgan fingerprint density at radius 1 is 1.09 bits per heavy atom. The average molecular weight is 553 g/mol. The minimum Gasteiger partial charge on any atom is -0.322 e. The molecule has 35 heavy (non-hydrogen) atoms. The highest BCUT2D eigenvalue weighted by Crippen LogP contribution is 2.34. The van der Waals surface area contributed by atoms with Crippen molar-refractivity contribution in [2.24, 2.45) is 5.92 Å². The van der Waals surface area contributed by atoms with E-state index in [1.807, 2.05) is 4.72 Å². The van der Waals surface area contributed by atoms with Crippen LogP contribution >= 0.6 is 34.5 Å². The third-order valence-corrected chi connectivity index (χ3v) is 9.17. The lowest BCUT2D eigenvalue weighted by atomic mass is 9.88. The van der Waals surface area contributed by atoms with Crippen LogP contribution in [0.3, 0.4) is 0 Å². The first-order valence-electron chi connectivity index (χ1n) is 10.4. The molecule has 1 amide bonds. The number of hydrogen-bond acceptors (Lipinski definition) is 5. The van der Waals surface area contributed by atoms with Crippen molar-refractivity contribution in [3.8, 4) is 11.3 Å². The van der Waals surface area contributed by atoms with Gasteiger partial charge in [0.2, 0.25) is 5.91 Å². The number of sulfonamides is 1. The molecule has 0 radical (unpaired) electrons. The van der Waals surface area contributed by atoms with Gasteiger partial charge >= 0.3 is 0 Å². The van der Waals surface area contributed by atoms with Crippen molar-refractivity contribution >= 4 is 61.2 Å². The second-order valence-corrected chi connectivity index (χ2v) is 12.2. The molecule has 0 aliphatic carbocycles. The molecule has 4 rings (SSSR count). The van der Waals surface area contributed by atoms with E-state index in [0.717, 1.165) is 22.8 Å². The van der Waals surface area contributed by atoms with Crippen LogP contribution < -0.4 is 10.3 Å². The summed E-state index contributed by atoms with van der Waals surface area (Å²) in [5, 5.41) is 1.19. The molecule has 0 spiro atoms. The quantitative estimate of drug-likeness (QED) is 0.309. The number of thiophene rings is 1. The Bertz CT molecular complexity index is 1590. The van der Waals surface area contributed by atoms with Crippen molar-refractivity contribution in [2.75, 3.05) is 0 Å². The maximum Gasteiger partial charge on any atom is 0.273 e. The number of hydrogen-bond donors (Lipinski definition) is 2. The molecule has 0 aliphatic heterocycles. The highest BCUT2D eigenvalue weighted by atomic mass is 35.5. The number of H-pyrrole nitrogens is 1. The summed E-state index contributed by atoms with van der Waals surface area (Å²) in [7, 11) is -4.23. The summed E-state index contributed by atoms with van der Waals surface area (Å²) in [5.41, 5.74) is 0.573. The van der Waals surface area contributed by atoms with Crippen LogP contribution in [-0.4, -0.2) is 19.3 Å². The summed E-state index contributed by atoms with van der Waals surface area (Å²) in [6, 6.07) is 14.1. The molecule has 0 saturated carbocycles. The van der Waals surface area contributed by atoms with Crippen LogP contribution in [0, 0.1) is 11.7 Å². The van der Waals surface area contributed by atoms with E-state index in [2.05, 4.69) is 4.98 Å². The van der Waals surface area contributed by atoms with E-state index >= 15 is 0 Å². The fraction of sp³-hybridized carbons (Fsp3) is 0.167. The van der Waals surface area contributed by atoms with Crippen molar-refractivity contribution in [3.63, 3.8) is 0 Å². The van der Waals surface area contributed by atoms with E-state index in [0.29, 0.717) is 16.6 Å². The van der Waals surface area contributed by atoms with Gasteiger partial charge in [-0.1, -0.05) is 67.4 Å². The number of aromatic nitrogens is 1. The maximum absolute atomic E-state index is 14.2. The molecule has 2 aromatic carbocycles. The minimum absolute atomic E-state index is 0.0607. The first kappa shape index (κ1) is 25.4. The Morgan fingerprint density at radius 2 is 1.83 bits per heavy atom. The monoisotopic (exact) mass is 552 g/mol. The van der Waals surface area contributed by atoms with E-state index in [1.165, 1.54) is 12.1 Å². The van der Waals surface area contributed by atoms with Crippen LogP contribution in [0.4, 0.5) is 4.39 Å². The fourth-order valence-corrected chi connectivity index (χ4v) is 6.69. The zero-order chi connectivity index (χ0) is 25.5. The van der Waals surface area contributed by atoms with Crippen molar-refractivity contribution in [1.29, 1.82) is 0 Å². The Labute approximate surface area is 214 Å². The summed E-state index contributed by atoms with van der Waals surface area (Å²) in [6.45, 7) is 3.41. The minimum atomic E-state index is -4.23. The summed E-state index contributed by atoms with van der Waals surface area (Å²) in [6.07, 6.45) is 0. The predicted molar refractivity (Wildman–Crippen MR) is 137 cm³/mol. The van der Waals surface area contributed by atoms with E-state index < -0.39 is 33.3 Å². The number of rotatable bonds is 6. The first-order chi connectivity index (χ1) is 16.5. The summed E-state index contributed by atoms with van der Waals surface area (Å²) in [5.74, 6) is -2.69. The Kier molecular flexibility index (Phi) is 7.06. The summed E-state index contributed by atoms with van der Waals surface area (Å²) in [4.78, 5) is 28.7. The number of carbonyl (C=O) groups is 1. The number of nitrogens with one attached hydrogen (secondary N) is 2. The van der Waals surface area contributed by atoms with Crippen molar-refractivity contribution in [3.05, 3.63) is 85.7 Å². The van der Waals surface area contributed by atoms with Gasteiger partial charge in [-0.15, -0.1) is 11.3 Å². The normalized spacial score (nSPS) is 12.7. The molecule has 2 heterocycles. The number of fused-ring (bicyclic) bond motifs is 1. The fourth-order valence-electron chi connectivity index (χ4n) is 3.81. The van der Waals surface area contributed by atoms with Gasteiger partial charge in [-0.2, -0.15) is 0 Å². The molecule has 0 fully saturated rings. The average Bonchev–Trinajstić information content (AvgIpc) is 3.14. The Morgan fingerprint density at radius 3 is 2.46 bits per heavy atom. The number of benzene rings is 2. The van der Waals surface area contributed by atoms with Gasteiger partial charge in [0, 0.05) is 16.6 Å². The van der Waals surface area contributed by atoms with Gasteiger partial charge in [0.25, 0.3) is 15.6 Å². The third-order valence-electron chi connectivity index (χ3n) is 5.49. The molecular formula is C24H19Cl2FN2O4S2. The molecular weight excluding hydrogens is 534 g/mol.